The van der Waals surface area contributed by atoms with Crippen molar-refractivity contribution in [1.82, 2.24) is 10.1 Å². The zero-order valence-electron chi connectivity index (χ0n) is 24.5. The van der Waals surface area contributed by atoms with Gasteiger partial charge < -0.3 is 9.84 Å². The largest absolute Gasteiger partial charge is 0.504 e. The lowest BCUT2D eigenvalue weighted by Crippen LogP contribution is -2.53. The topological polar surface area (TPSA) is 136 Å². The molecule has 6 unspecified atom stereocenters. The number of carbonyl (C=O) groups excluding carboxylic acids is 4. The number of halogens is 2. The Hall–Kier alpha value is -4.74. The van der Waals surface area contributed by atoms with Crippen LogP contribution >= 0.6 is 11.6 Å². The van der Waals surface area contributed by atoms with E-state index in [1.807, 2.05) is 6.08 Å². The molecule has 236 valence electrons. The molecule has 3 aromatic rings. The molecule has 2 heterocycles. The van der Waals surface area contributed by atoms with Crippen molar-refractivity contribution in [2.45, 2.75) is 31.1 Å². The number of carbonyl (C=O) groups is 4. The first-order chi connectivity index (χ1) is 22.1. The van der Waals surface area contributed by atoms with Crippen LogP contribution in [0.5, 0.6) is 11.5 Å². The molecule has 10 nitrogen and oxygen atoms in total. The van der Waals surface area contributed by atoms with E-state index < -0.39 is 64.5 Å². The molecule has 46 heavy (non-hydrogen) atoms. The van der Waals surface area contributed by atoms with Gasteiger partial charge in [-0.25, -0.2) is 4.39 Å². The van der Waals surface area contributed by atoms with Crippen LogP contribution < -0.4 is 10.2 Å². The summed E-state index contributed by atoms with van der Waals surface area (Å²) in [4.78, 5) is 55.7. The summed E-state index contributed by atoms with van der Waals surface area (Å²) in [5.74, 6) is -7.37. The van der Waals surface area contributed by atoms with E-state index in [0.717, 1.165) is 5.01 Å². The van der Waals surface area contributed by atoms with Gasteiger partial charge in [0.25, 0.3) is 23.6 Å². The van der Waals surface area contributed by atoms with Crippen LogP contribution in [-0.4, -0.2) is 50.6 Å². The molecular formula is C34H29ClFN3O7. The first kappa shape index (κ1) is 29.9. The Bertz CT molecular complexity index is 1810. The Kier molecular flexibility index (Phi) is 7.13. The van der Waals surface area contributed by atoms with E-state index >= 15 is 4.79 Å². The van der Waals surface area contributed by atoms with Crippen LogP contribution in [0, 0.1) is 29.5 Å². The Morgan fingerprint density at radius 2 is 1.70 bits per heavy atom. The Labute approximate surface area is 267 Å². The highest BCUT2D eigenvalue weighted by atomic mass is 35.5. The third-order valence-electron chi connectivity index (χ3n) is 9.85. The Morgan fingerprint density at radius 1 is 0.978 bits per heavy atom. The van der Waals surface area contributed by atoms with Crippen molar-refractivity contribution in [2.24, 2.45) is 23.7 Å². The van der Waals surface area contributed by atoms with Crippen molar-refractivity contribution < 1.29 is 38.6 Å². The number of hydrazine groups is 1. The first-order valence-corrected chi connectivity index (χ1v) is 15.3. The third kappa shape index (κ3) is 4.25. The molecule has 3 N–H and O–H groups in total. The molecule has 2 saturated heterocycles. The van der Waals surface area contributed by atoms with Crippen molar-refractivity contribution in [3.8, 4) is 11.5 Å². The van der Waals surface area contributed by atoms with Crippen LogP contribution in [0.4, 0.5) is 10.1 Å². The highest BCUT2D eigenvalue weighted by Gasteiger charge is 2.70. The quantitative estimate of drug-likeness (QED) is 0.195. The lowest BCUT2D eigenvalue weighted by atomic mass is 9.49. The zero-order valence-corrected chi connectivity index (χ0v) is 25.3. The van der Waals surface area contributed by atoms with Crippen LogP contribution in [0.2, 0.25) is 5.02 Å². The number of nitrogens with zero attached hydrogens (tertiary/aromatic N) is 2. The number of aromatic hydroxyl groups is 1. The lowest BCUT2D eigenvalue weighted by Gasteiger charge is -2.50. The highest BCUT2D eigenvalue weighted by molar-refractivity contribution is 6.30. The minimum atomic E-state index is -1.57. The third-order valence-corrected chi connectivity index (χ3v) is 10.1. The molecule has 4 aliphatic rings. The van der Waals surface area contributed by atoms with Crippen molar-refractivity contribution >= 4 is 40.9 Å². The normalized spacial score (nSPS) is 28.5. The van der Waals surface area contributed by atoms with Gasteiger partial charge >= 0.3 is 0 Å². The van der Waals surface area contributed by atoms with Crippen molar-refractivity contribution in [1.29, 1.82) is 0 Å². The number of benzene rings is 3. The van der Waals surface area contributed by atoms with E-state index in [1.54, 1.807) is 43.3 Å². The summed E-state index contributed by atoms with van der Waals surface area (Å²) in [6, 6.07) is 16.6. The maximum absolute atomic E-state index is 15.0. The number of nitrogens with one attached hydrogen (secondary N) is 1. The van der Waals surface area contributed by atoms with Gasteiger partial charge in [-0.1, -0.05) is 41.4 Å². The van der Waals surface area contributed by atoms with Gasteiger partial charge in [-0.05, 0) is 85.3 Å². The molecule has 3 fully saturated rings. The molecule has 7 rings (SSSR count). The van der Waals surface area contributed by atoms with Gasteiger partial charge in [0.15, 0.2) is 11.5 Å². The second-order valence-electron chi connectivity index (χ2n) is 12.0. The van der Waals surface area contributed by atoms with Crippen LogP contribution in [0.1, 0.15) is 36.8 Å². The van der Waals surface area contributed by atoms with Gasteiger partial charge in [0.1, 0.15) is 5.82 Å². The van der Waals surface area contributed by atoms with Gasteiger partial charge in [-0.3, -0.25) is 29.8 Å². The maximum Gasteiger partial charge on any atom is 0.260 e. The van der Waals surface area contributed by atoms with Gasteiger partial charge in [0.2, 0.25) is 0 Å². The number of imide groups is 2. The average molecular weight is 646 g/mol. The van der Waals surface area contributed by atoms with E-state index in [0.29, 0.717) is 27.4 Å². The molecule has 4 amide bonds. The standard InChI is InChI=1S/C34H29ClFN3O7/c1-2-46-27-15-17(3-14-26(27)40)29-22-12-13-23-28(32(43)39(45)30(23)41)24(22)16-25-31(42)38(37-21-10-8-20(36)9-11-21)33(44)34(25,29)18-4-6-19(35)7-5-18/h3-12,14-15,23-25,28-29,37,40,45H,2,13,16H2,1H3. The number of ether oxygens (including phenoxy) is 1. The molecular weight excluding hydrogens is 617 g/mol. The fraction of sp³-hybridized carbons (Fsp3) is 0.294. The summed E-state index contributed by atoms with van der Waals surface area (Å²) in [6.07, 6.45) is 2.02. The number of phenolic OH excluding ortho intramolecular Hbond substituents is 1. The predicted octanol–water partition coefficient (Wildman–Crippen LogP) is 4.96. The summed E-state index contributed by atoms with van der Waals surface area (Å²) in [5.41, 5.74) is 3.32. The number of hydroxylamine groups is 2. The van der Waals surface area contributed by atoms with E-state index in [1.165, 1.54) is 30.3 Å². The minimum Gasteiger partial charge on any atom is -0.504 e. The van der Waals surface area contributed by atoms with E-state index in [9.17, 15) is 29.1 Å². The summed E-state index contributed by atoms with van der Waals surface area (Å²) in [7, 11) is 0. The number of amides is 4. The van der Waals surface area contributed by atoms with Crippen molar-refractivity contribution in [3.05, 3.63) is 100 Å². The molecule has 2 aliphatic carbocycles. The number of phenols is 1. The molecule has 0 radical (unpaired) electrons. The van der Waals surface area contributed by atoms with Crippen LogP contribution in [0.15, 0.2) is 78.4 Å². The molecule has 3 aromatic carbocycles. The summed E-state index contributed by atoms with van der Waals surface area (Å²) >= 11 is 6.29. The first-order valence-electron chi connectivity index (χ1n) is 15.0. The number of rotatable bonds is 6. The van der Waals surface area contributed by atoms with Crippen LogP contribution in [0.3, 0.4) is 0 Å². The van der Waals surface area contributed by atoms with Crippen LogP contribution in [-0.2, 0) is 24.6 Å². The van der Waals surface area contributed by atoms with E-state index in [4.69, 9.17) is 16.3 Å². The molecule has 0 bridgehead atoms. The Balaban J connectivity index is 1.48. The van der Waals surface area contributed by atoms with E-state index in [-0.39, 0.29) is 36.0 Å². The van der Waals surface area contributed by atoms with Gasteiger partial charge in [-0.15, -0.1) is 0 Å². The monoisotopic (exact) mass is 645 g/mol. The van der Waals surface area contributed by atoms with Gasteiger partial charge in [0, 0.05) is 10.9 Å². The minimum absolute atomic E-state index is 0.0293. The smallest absolute Gasteiger partial charge is 0.260 e. The fourth-order valence-corrected chi connectivity index (χ4v) is 8.12. The highest BCUT2D eigenvalue weighted by Crippen LogP contribution is 2.64. The second kappa shape index (κ2) is 11.0. The Morgan fingerprint density at radius 3 is 2.39 bits per heavy atom. The van der Waals surface area contributed by atoms with Gasteiger partial charge in [0.05, 0.1) is 35.5 Å². The maximum atomic E-state index is 15.0. The number of allylic oxidation sites excluding steroid dienone is 2. The van der Waals surface area contributed by atoms with E-state index in [2.05, 4.69) is 5.43 Å². The SMILES string of the molecule is CCOc1cc(C2C3=CCC4C(=O)N(O)C(=O)C4C3CC3C(=O)N(Nc4ccc(F)cc4)C(=O)C32c2ccc(Cl)cc2)ccc1O. The number of fused-ring (bicyclic) bond motifs is 4. The number of anilines is 1. The van der Waals surface area contributed by atoms with Gasteiger partial charge in [-0.2, -0.15) is 10.1 Å². The fourth-order valence-electron chi connectivity index (χ4n) is 7.99. The molecule has 2 aliphatic heterocycles. The molecule has 1 saturated carbocycles. The number of hydrogen-bond donors (Lipinski definition) is 3. The predicted molar refractivity (Wildman–Crippen MR) is 162 cm³/mol. The summed E-state index contributed by atoms with van der Waals surface area (Å²) in [5, 5.41) is 22.5. The number of hydrogen-bond acceptors (Lipinski definition) is 8. The van der Waals surface area contributed by atoms with Crippen molar-refractivity contribution in [3.63, 3.8) is 0 Å². The van der Waals surface area contributed by atoms with Crippen molar-refractivity contribution in [2.75, 3.05) is 12.0 Å². The molecule has 6 atom stereocenters. The summed E-state index contributed by atoms with van der Waals surface area (Å²) in [6.45, 7) is 2.01. The lowest BCUT2D eigenvalue weighted by molar-refractivity contribution is -0.173. The zero-order chi connectivity index (χ0) is 32.5. The molecule has 0 aromatic heterocycles. The van der Waals surface area contributed by atoms with Crippen LogP contribution in [0.25, 0.3) is 0 Å². The average Bonchev–Trinajstić information content (AvgIpc) is 3.40. The second-order valence-corrected chi connectivity index (χ2v) is 12.5. The molecule has 12 heteroatoms. The summed E-state index contributed by atoms with van der Waals surface area (Å²) < 4.78 is 19.4. The molecule has 0 spiro atoms.